The number of para-hydroxylation sites is 1. The van der Waals surface area contributed by atoms with Gasteiger partial charge < -0.3 is 10.4 Å². The Hall–Kier alpha value is -2.60. The fraction of sp³-hybridized carbons (Fsp3) is 0.118. The highest BCUT2D eigenvalue weighted by Gasteiger charge is 2.10. The summed E-state index contributed by atoms with van der Waals surface area (Å²) in [6.45, 7) is 2.02. The zero-order chi connectivity index (χ0) is 16.2. The monoisotopic (exact) mass is 325 g/mol. The van der Waals surface area contributed by atoms with Crippen LogP contribution in [-0.4, -0.2) is 26.8 Å². The van der Waals surface area contributed by atoms with E-state index in [4.69, 9.17) is 5.11 Å². The van der Waals surface area contributed by atoms with Crippen molar-refractivity contribution < 1.29 is 9.90 Å². The summed E-state index contributed by atoms with van der Waals surface area (Å²) < 4.78 is 0. The topological polar surface area (TPSA) is 75.1 Å². The molecular weight excluding hydrogens is 310 g/mol. The number of aromatic nitrogens is 2. The standard InChI is InChI=1S/C17H15N3O2S/c1-11-6-8-12(9-7-11)18-17-19-14-5-3-2-4-13(14)16(20-17)23-10-15(21)22/h2-9H,10H2,1H3,(H,21,22)(H,18,19,20). The van der Waals surface area contributed by atoms with Gasteiger partial charge in [0, 0.05) is 11.1 Å². The lowest BCUT2D eigenvalue weighted by molar-refractivity contribution is -0.133. The minimum Gasteiger partial charge on any atom is -0.481 e. The van der Waals surface area contributed by atoms with Gasteiger partial charge in [-0.1, -0.05) is 47.7 Å². The van der Waals surface area contributed by atoms with Gasteiger partial charge in [0.2, 0.25) is 5.95 Å². The van der Waals surface area contributed by atoms with Crippen LogP contribution < -0.4 is 5.32 Å². The molecule has 6 heteroatoms. The SMILES string of the molecule is Cc1ccc(Nc2nc(SCC(=O)O)c3ccccc3n2)cc1. The van der Waals surface area contributed by atoms with E-state index in [2.05, 4.69) is 15.3 Å². The average Bonchev–Trinajstić information content (AvgIpc) is 2.54. The third-order valence-corrected chi connectivity index (χ3v) is 4.18. The number of anilines is 2. The second-order valence-corrected chi connectivity index (χ2v) is 6.01. The van der Waals surface area contributed by atoms with Crippen LogP contribution in [0.2, 0.25) is 0 Å². The normalized spacial score (nSPS) is 10.7. The second-order valence-electron chi connectivity index (χ2n) is 5.04. The molecule has 5 nitrogen and oxygen atoms in total. The number of nitrogens with one attached hydrogen (secondary N) is 1. The van der Waals surface area contributed by atoms with Gasteiger partial charge in [-0.2, -0.15) is 0 Å². The number of hydrogen-bond acceptors (Lipinski definition) is 5. The van der Waals surface area contributed by atoms with Gasteiger partial charge in [-0.05, 0) is 25.1 Å². The maximum Gasteiger partial charge on any atom is 0.313 e. The molecule has 116 valence electrons. The molecule has 0 saturated heterocycles. The zero-order valence-corrected chi connectivity index (χ0v) is 13.3. The van der Waals surface area contributed by atoms with Gasteiger partial charge in [-0.25, -0.2) is 9.97 Å². The Morgan fingerprint density at radius 3 is 2.61 bits per heavy atom. The molecule has 0 amide bonds. The Balaban J connectivity index is 1.96. The maximum atomic E-state index is 10.8. The largest absolute Gasteiger partial charge is 0.481 e. The predicted molar refractivity (Wildman–Crippen MR) is 92.4 cm³/mol. The number of carbonyl (C=O) groups is 1. The molecule has 3 rings (SSSR count). The van der Waals surface area contributed by atoms with Crippen LogP contribution in [-0.2, 0) is 4.79 Å². The van der Waals surface area contributed by atoms with Gasteiger partial charge in [0.25, 0.3) is 0 Å². The number of carboxylic acid groups (broad SMARTS) is 1. The average molecular weight is 325 g/mol. The van der Waals surface area contributed by atoms with E-state index >= 15 is 0 Å². The van der Waals surface area contributed by atoms with Crippen LogP contribution in [0.15, 0.2) is 53.6 Å². The van der Waals surface area contributed by atoms with Crippen molar-refractivity contribution in [1.29, 1.82) is 0 Å². The first-order valence-electron chi connectivity index (χ1n) is 7.07. The third kappa shape index (κ3) is 3.78. The Bertz CT molecular complexity index is 850. The molecule has 0 unspecified atom stereocenters. The van der Waals surface area contributed by atoms with Crippen LogP contribution >= 0.6 is 11.8 Å². The van der Waals surface area contributed by atoms with Gasteiger partial charge in [0.05, 0.1) is 11.3 Å². The number of fused-ring (bicyclic) bond motifs is 1. The number of thioether (sulfide) groups is 1. The van der Waals surface area contributed by atoms with E-state index in [1.807, 2.05) is 55.5 Å². The number of aryl methyl sites for hydroxylation is 1. The lowest BCUT2D eigenvalue weighted by atomic mass is 10.2. The number of rotatable bonds is 5. The molecule has 0 saturated carbocycles. The lowest BCUT2D eigenvalue weighted by Gasteiger charge is -2.09. The predicted octanol–water partition coefficient (Wildman–Crippen LogP) is 3.86. The molecule has 0 bridgehead atoms. The van der Waals surface area contributed by atoms with Crippen molar-refractivity contribution in [2.75, 3.05) is 11.1 Å². The molecule has 3 aromatic rings. The van der Waals surface area contributed by atoms with Crippen LogP contribution in [0.5, 0.6) is 0 Å². The first kappa shape index (κ1) is 15.3. The molecule has 1 heterocycles. The van der Waals surface area contributed by atoms with E-state index in [1.54, 1.807) is 0 Å². The highest BCUT2D eigenvalue weighted by Crippen LogP contribution is 2.27. The molecule has 1 aromatic heterocycles. The number of benzene rings is 2. The minimum absolute atomic E-state index is 0.0367. The number of nitrogens with zero attached hydrogens (tertiary/aromatic N) is 2. The minimum atomic E-state index is -0.870. The fourth-order valence-corrected chi connectivity index (χ4v) is 2.85. The number of aliphatic carboxylic acids is 1. The van der Waals surface area contributed by atoms with Crippen LogP contribution in [0.3, 0.4) is 0 Å². The van der Waals surface area contributed by atoms with E-state index in [-0.39, 0.29) is 5.75 Å². The van der Waals surface area contributed by atoms with Crippen LogP contribution in [0.4, 0.5) is 11.6 Å². The Kier molecular flexibility index (Phi) is 4.43. The smallest absolute Gasteiger partial charge is 0.313 e. The van der Waals surface area contributed by atoms with Crippen LogP contribution in [0.25, 0.3) is 10.9 Å². The molecule has 23 heavy (non-hydrogen) atoms. The van der Waals surface area contributed by atoms with Crippen LogP contribution in [0.1, 0.15) is 5.56 Å². The molecule has 0 aliphatic rings. The quantitative estimate of drug-likeness (QED) is 0.548. The summed E-state index contributed by atoms with van der Waals surface area (Å²) in [5, 5.41) is 13.6. The highest BCUT2D eigenvalue weighted by molar-refractivity contribution is 8.00. The van der Waals surface area contributed by atoms with Crippen molar-refractivity contribution in [3.8, 4) is 0 Å². The molecule has 0 spiro atoms. The molecule has 0 atom stereocenters. The summed E-state index contributed by atoms with van der Waals surface area (Å²) in [5.41, 5.74) is 2.85. The summed E-state index contributed by atoms with van der Waals surface area (Å²) in [4.78, 5) is 19.8. The van der Waals surface area contributed by atoms with Crippen LogP contribution in [0, 0.1) is 6.92 Å². The van der Waals surface area contributed by atoms with E-state index in [0.29, 0.717) is 11.0 Å². The zero-order valence-electron chi connectivity index (χ0n) is 12.5. The summed E-state index contributed by atoms with van der Waals surface area (Å²) >= 11 is 1.19. The van der Waals surface area contributed by atoms with Gasteiger partial charge >= 0.3 is 5.97 Å². The van der Waals surface area contributed by atoms with Crippen molar-refractivity contribution in [1.82, 2.24) is 9.97 Å². The molecule has 2 N–H and O–H groups in total. The molecule has 0 fully saturated rings. The first-order chi connectivity index (χ1) is 11.1. The molecule has 0 aliphatic carbocycles. The number of carboxylic acids is 1. The van der Waals surface area contributed by atoms with E-state index < -0.39 is 5.97 Å². The van der Waals surface area contributed by atoms with Gasteiger partial charge in [-0.15, -0.1) is 0 Å². The Morgan fingerprint density at radius 1 is 1.13 bits per heavy atom. The van der Waals surface area contributed by atoms with E-state index in [9.17, 15) is 4.79 Å². The lowest BCUT2D eigenvalue weighted by Crippen LogP contribution is -2.02. The van der Waals surface area contributed by atoms with Crippen molar-refractivity contribution in [2.45, 2.75) is 11.9 Å². The third-order valence-electron chi connectivity index (χ3n) is 3.21. The van der Waals surface area contributed by atoms with Crippen molar-refractivity contribution in [3.63, 3.8) is 0 Å². The Morgan fingerprint density at radius 2 is 1.87 bits per heavy atom. The van der Waals surface area contributed by atoms with Crippen molar-refractivity contribution in [2.24, 2.45) is 0 Å². The highest BCUT2D eigenvalue weighted by atomic mass is 32.2. The molecule has 2 aromatic carbocycles. The summed E-state index contributed by atoms with van der Waals surface area (Å²) in [6, 6.07) is 15.5. The van der Waals surface area contributed by atoms with E-state index in [0.717, 1.165) is 16.6 Å². The second kappa shape index (κ2) is 6.66. The van der Waals surface area contributed by atoms with Gasteiger partial charge in [-0.3, -0.25) is 4.79 Å². The van der Waals surface area contributed by atoms with Crippen molar-refractivity contribution >= 4 is 40.3 Å². The number of hydrogen-bond donors (Lipinski definition) is 2. The fourth-order valence-electron chi connectivity index (χ4n) is 2.11. The molecule has 0 aliphatic heterocycles. The first-order valence-corrected chi connectivity index (χ1v) is 8.05. The van der Waals surface area contributed by atoms with Gasteiger partial charge in [0.15, 0.2) is 0 Å². The summed E-state index contributed by atoms with van der Waals surface area (Å²) in [7, 11) is 0. The Labute approximate surface area is 137 Å². The summed E-state index contributed by atoms with van der Waals surface area (Å²) in [6.07, 6.45) is 0. The maximum absolute atomic E-state index is 10.8. The molecular formula is C17H15N3O2S. The van der Waals surface area contributed by atoms with Gasteiger partial charge in [0.1, 0.15) is 5.03 Å². The van der Waals surface area contributed by atoms with Crippen molar-refractivity contribution in [3.05, 3.63) is 54.1 Å². The molecule has 0 radical (unpaired) electrons. The van der Waals surface area contributed by atoms with E-state index in [1.165, 1.54) is 17.3 Å². The summed E-state index contributed by atoms with van der Waals surface area (Å²) in [5.74, 6) is -0.448.